The first-order valence-electron chi connectivity index (χ1n) is 9.37. The van der Waals surface area contributed by atoms with Crippen LogP contribution in [0.4, 0.5) is 5.95 Å². The summed E-state index contributed by atoms with van der Waals surface area (Å²) in [5.74, 6) is -0.800. The highest BCUT2D eigenvalue weighted by molar-refractivity contribution is 6.05. The zero-order chi connectivity index (χ0) is 21.4. The van der Waals surface area contributed by atoms with Gasteiger partial charge in [0, 0.05) is 11.6 Å². The summed E-state index contributed by atoms with van der Waals surface area (Å²) in [5.41, 5.74) is 0.628. The average molecular weight is 413 g/mol. The van der Waals surface area contributed by atoms with E-state index in [1.165, 1.54) is 17.0 Å². The van der Waals surface area contributed by atoms with Crippen LogP contribution in [0.25, 0.3) is 22.2 Å². The Kier molecular flexibility index (Phi) is 4.36. The van der Waals surface area contributed by atoms with Gasteiger partial charge in [-0.05, 0) is 23.8 Å². The van der Waals surface area contributed by atoms with Gasteiger partial charge in [0.2, 0.25) is 5.95 Å². The molecule has 152 valence electrons. The third-order valence-corrected chi connectivity index (χ3v) is 4.80. The number of imidazole rings is 1. The Balaban J connectivity index is 1.58. The molecule has 0 saturated heterocycles. The lowest BCUT2D eigenvalue weighted by atomic mass is 10.1. The predicted molar refractivity (Wildman–Crippen MR) is 114 cm³/mol. The third-order valence-electron chi connectivity index (χ3n) is 4.80. The normalized spacial score (nSPS) is 11.1. The standard InChI is InChI=1S/C21H15N7O3/c29-18(26-21-25-16-15(19(30)27-21)23-11-24-16)14-9-13-7-4-8-22-17(13)28(20(14)31)10-12-5-2-1-3-6-12/h1-9,11H,10H2,(H3,23,24,25,26,27,29,30). The number of rotatable bonds is 4. The molecular weight excluding hydrogens is 398 g/mol. The number of carbonyl (C=O) groups excluding carboxylic acids is 1. The number of nitrogens with zero attached hydrogens (tertiary/aromatic N) is 4. The molecule has 0 aliphatic carbocycles. The summed E-state index contributed by atoms with van der Waals surface area (Å²) in [6.07, 6.45) is 2.92. The van der Waals surface area contributed by atoms with Crippen LogP contribution in [-0.4, -0.2) is 35.4 Å². The van der Waals surface area contributed by atoms with Crippen molar-refractivity contribution in [2.45, 2.75) is 6.54 Å². The summed E-state index contributed by atoms with van der Waals surface area (Å²) in [7, 11) is 0. The van der Waals surface area contributed by atoms with Crippen molar-refractivity contribution in [2.24, 2.45) is 0 Å². The van der Waals surface area contributed by atoms with Crippen molar-refractivity contribution in [1.29, 1.82) is 0 Å². The van der Waals surface area contributed by atoms with Crippen molar-refractivity contribution in [3.63, 3.8) is 0 Å². The number of benzene rings is 1. The van der Waals surface area contributed by atoms with E-state index in [1.54, 1.807) is 18.3 Å². The fraction of sp³-hybridized carbons (Fsp3) is 0.0476. The molecule has 0 fully saturated rings. The van der Waals surface area contributed by atoms with Gasteiger partial charge in [-0.1, -0.05) is 30.3 Å². The summed E-state index contributed by atoms with van der Waals surface area (Å²) in [4.78, 5) is 55.7. The molecule has 1 aromatic carbocycles. The highest BCUT2D eigenvalue weighted by Crippen LogP contribution is 2.14. The van der Waals surface area contributed by atoms with E-state index in [4.69, 9.17) is 0 Å². The largest absolute Gasteiger partial charge is 0.339 e. The number of anilines is 1. The van der Waals surface area contributed by atoms with Gasteiger partial charge in [0.1, 0.15) is 11.2 Å². The summed E-state index contributed by atoms with van der Waals surface area (Å²) in [6, 6.07) is 14.4. The summed E-state index contributed by atoms with van der Waals surface area (Å²) in [5, 5.41) is 3.12. The minimum absolute atomic E-state index is 0.0961. The number of amides is 1. The zero-order valence-corrected chi connectivity index (χ0v) is 16.0. The van der Waals surface area contributed by atoms with Crippen molar-refractivity contribution in [1.82, 2.24) is 29.5 Å². The molecule has 5 rings (SSSR count). The smallest absolute Gasteiger partial charge is 0.278 e. The molecule has 0 aliphatic heterocycles. The van der Waals surface area contributed by atoms with E-state index in [2.05, 4.69) is 30.2 Å². The molecule has 0 aliphatic rings. The Labute approximate surface area is 173 Å². The number of hydrogen-bond acceptors (Lipinski definition) is 6. The summed E-state index contributed by atoms with van der Waals surface area (Å²) < 4.78 is 1.45. The topological polar surface area (TPSA) is 138 Å². The summed E-state index contributed by atoms with van der Waals surface area (Å²) in [6.45, 7) is 0.253. The van der Waals surface area contributed by atoms with Crippen LogP contribution in [0.2, 0.25) is 0 Å². The predicted octanol–water partition coefficient (Wildman–Crippen LogP) is 1.66. The van der Waals surface area contributed by atoms with E-state index in [9.17, 15) is 14.4 Å². The molecule has 0 bridgehead atoms. The second-order valence-corrected chi connectivity index (χ2v) is 6.82. The number of fused-ring (bicyclic) bond motifs is 2. The van der Waals surface area contributed by atoms with Gasteiger partial charge in [0.25, 0.3) is 17.0 Å². The van der Waals surface area contributed by atoms with Gasteiger partial charge in [0.15, 0.2) is 11.2 Å². The minimum Gasteiger partial charge on any atom is -0.339 e. The van der Waals surface area contributed by atoms with E-state index < -0.39 is 17.0 Å². The van der Waals surface area contributed by atoms with Crippen LogP contribution < -0.4 is 16.4 Å². The van der Waals surface area contributed by atoms with Gasteiger partial charge in [0.05, 0.1) is 12.9 Å². The molecule has 1 amide bonds. The average Bonchev–Trinajstić information content (AvgIpc) is 3.25. The van der Waals surface area contributed by atoms with Crippen molar-refractivity contribution < 1.29 is 4.79 Å². The second kappa shape index (κ2) is 7.34. The van der Waals surface area contributed by atoms with Gasteiger partial charge in [-0.25, -0.2) is 9.97 Å². The number of aromatic amines is 2. The Bertz CT molecular complexity index is 1550. The maximum Gasteiger partial charge on any atom is 0.278 e. The fourth-order valence-electron chi connectivity index (χ4n) is 3.36. The van der Waals surface area contributed by atoms with Crippen LogP contribution >= 0.6 is 0 Å². The van der Waals surface area contributed by atoms with E-state index in [0.717, 1.165) is 5.56 Å². The molecule has 4 aromatic heterocycles. The molecule has 4 heterocycles. The van der Waals surface area contributed by atoms with E-state index >= 15 is 0 Å². The number of carbonyl (C=O) groups is 1. The van der Waals surface area contributed by atoms with Gasteiger partial charge >= 0.3 is 0 Å². The van der Waals surface area contributed by atoms with Gasteiger partial charge < -0.3 is 4.98 Å². The Morgan fingerprint density at radius 2 is 1.90 bits per heavy atom. The van der Waals surface area contributed by atoms with E-state index in [-0.39, 0.29) is 29.2 Å². The van der Waals surface area contributed by atoms with E-state index in [0.29, 0.717) is 11.0 Å². The SMILES string of the molecule is O=C(Nc1nc2nc[nH]c2c(=O)[nH]1)c1cc2cccnc2n(Cc2ccccc2)c1=O. The first kappa shape index (κ1) is 18.4. The fourth-order valence-corrected chi connectivity index (χ4v) is 3.36. The van der Waals surface area contributed by atoms with Gasteiger partial charge in [-0.3, -0.25) is 29.3 Å². The zero-order valence-electron chi connectivity index (χ0n) is 16.0. The van der Waals surface area contributed by atoms with Gasteiger partial charge in [-0.15, -0.1) is 0 Å². The number of H-pyrrole nitrogens is 2. The van der Waals surface area contributed by atoms with Crippen LogP contribution in [0.3, 0.4) is 0 Å². The lowest BCUT2D eigenvalue weighted by molar-refractivity contribution is 0.102. The monoisotopic (exact) mass is 413 g/mol. The first-order chi connectivity index (χ1) is 15.1. The quantitative estimate of drug-likeness (QED) is 0.410. The number of aromatic nitrogens is 6. The number of hydrogen-bond donors (Lipinski definition) is 3. The van der Waals surface area contributed by atoms with E-state index in [1.807, 2.05) is 30.3 Å². The van der Waals surface area contributed by atoms with Crippen LogP contribution in [0.5, 0.6) is 0 Å². The van der Waals surface area contributed by atoms with Crippen LogP contribution in [0.1, 0.15) is 15.9 Å². The van der Waals surface area contributed by atoms with Crippen molar-refractivity contribution in [3.8, 4) is 0 Å². The highest BCUT2D eigenvalue weighted by atomic mass is 16.2. The summed E-state index contributed by atoms with van der Waals surface area (Å²) >= 11 is 0. The molecule has 0 spiro atoms. The van der Waals surface area contributed by atoms with Gasteiger partial charge in [-0.2, -0.15) is 4.98 Å². The van der Waals surface area contributed by atoms with Crippen molar-refractivity contribution in [2.75, 3.05) is 5.32 Å². The molecule has 31 heavy (non-hydrogen) atoms. The molecule has 3 N–H and O–H groups in total. The molecule has 5 aromatic rings. The number of nitrogens with one attached hydrogen (secondary N) is 3. The minimum atomic E-state index is -0.699. The van der Waals surface area contributed by atoms with Crippen molar-refractivity contribution >= 4 is 34.1 Å². The first-order valence-corrected chi connectivity index (χ1v) is 9.37. The molecule has 0 saturated carbocycles. The Hall–Kier alpha value is -4.60. The number of pyridine rings is 2. The molecule has 0 atom stereocenters. The molecule has 10 nitrogen and oxygen atoms in total. The highest BCUT2D eigenvalue weighted by Gasteiger charge is 2.18. The van der Waals surface area contributed by atoms with Crippen LogP contribution in [0.15, 0.2) is 70.6 Å². The Morgan fingerprint density at radius 3 is 2.74 bits per heavy atom. The lowest BCUT2D eigenvalue weighted by Crippen LogP contribution is -2.31. The lowest BCUT2D eigenvalue weighted by Gasteiger charge is -2.12. The maximum atomic E-state index is 13.2. The Morgan fingerprint density at radius 1 is 1.06 bits per heavy atom. The van der Waals surface area contributed by atoms with Crippen molar-refractivity contribution in [3.05, 3.63) is 92.9 Å². The molecular formula is C21H15N7O3. The maximum absolute atomic E-state index is 13.2. The van der Waals surface area contributed by atoms with Crippen LogP contribution in [-0.2, 0) is 6.54 Å². The third kappa shape index (κ3) is 3.35. The molecule has 0 radical (unpaired) electrons. The molecule has 0 unspecified atom stereocenters. The van der Waals surface area contributed by atoms with Crippen LogP contribution in [0, 0.1) is 0 Å². The second-order valence-electron chi connectivity index (χ2n) is 6.82. The molecule has 10 heteroatoms.